The topological polar surface area (TPSA) is 77.3 Å². The van der Waals surface area contributed by atoms with Gasteiger partial charge in [-0.15, -0.1) is 0 Å². The van der Waals surface area contributed by atoms with Gasteiger partial charge in [-0.3, -0.25) is 9.69 Å². The molecule has 6 rings (SSSR count). The lowest BCUT2D eigenvalue weighted by Gasteiger charge is -2.31. The van der Waals surface area contributed by atoms with Crippen molar-refractivity contribution < 1.29 is 23.9 Å². The van der Waals surface area contributed by atoms with E-state index in [1.165, 1.54) is 14.2 Å². The molecule has 0 fully saturated rings. The number of rotatable bonds is 3. The number of pyridine rings is 1. The van der Waals surface area contributed by atoms with E-state index in [1.807, 2.05) is 78.9 Å². The Morgan fingerprint density at radius 3 is 1.92 bits per heavy atom. The average Bonchev–Trinajstić information content (AvgIpc) is 3.30. The van der Waals surface area contributed by atoms with Crippen LogP contribution in [0, 0.1) is 0 Å². The Hall–Kier alpha value is -4.56. The maximum Gasteiger partial charge on any atom is 0.341 e. The highest BCUT2D eigenvalue weighted by atomic mass is 32.2. The van der Waals surface area contributed by atoms with Crippen LogP contribution in [-0.2, 0) is 9.47 Å². The summed E-state index contributed by atoms with van der Waals surface area (Å²) in [6.45, 7) is 0. The van der Waals surface area contributed by atoms with Crippen LogP contribution in [0.3, 0.4) is 0 Å². The molecular weight excluding hydrogens is 488 g/mol. The van der Waals surface area contributed by atoms with E-state index in [1.54, 1.807) is 27.3 Å². The number of hydrogen-bond donors (Lipinski definition) is 0. The van der Waals surface area contributed by atoms with E-state index in [4.69, 9.17) is 9.47 Å². The first-order valence-electron chi connectivity index (χ1n) is 11.5. The fraction of sp³-hybridized carbons (Fsp3) is 0.0690. The van der Waals surface area contributed by atoms with Crippen LogP contribution < -0.4 is 4.90 Å². The molecule has 1 aliphatic heterocycles. The summed E-state index contributed by atoms with van der Waals surface area (Å²) in [4.78, 5) is 44.4. The van der Waals surface area contributed by atoms with E-state index in [2.05, 4.69) is 0 Å². The van der Waals surface area contributed by atoms with E-state index < -0.39 is 17.8 Å². The minimum Gasteiger partial charge on any atom is -0.465 e. The normalized spacial score (nSPS) is 12.2. The molecule has 1 aliphatic rings. The van der Waals surface area contributed by atoms with Crippen LogP contribution in [0.25, 0.3) is 16.3 Å². The molecule has 0 radical (unpaired) electrons. The first-order valence-corrected chi connectivity index (χ1v) is 12.3. The van der Waals surface area contributed by atoms with E-state index >= 15 is 0 Å². The Bertz CT molecular complexity index is 1710. The Morgan fingerprint density at radius 1 is 0.703 bits per heavy atom. The summed E-state index contributed by atoms with van der Waals surface area (Å²) in [5, 5.41) is 1.54. The van der Waals surface area contributed by atoms with Crippen LogP contribution in [0.15, 0.2) is 94.9 Å². The number of anilines is 2. The van der Waals surface area contributed by atoms with Crippen LogP contribution in [-0.4, -0.2) is 36.5 Å². The van der Waals surface area contributed by atoms with E-state index in [9.17, 15) is 14.4 Å². The van der Waals surface area contributed by atoms with Crippen molar-refractivity contribution in [1.29, 1.82) is 0 Å². The zero-order chi connectivity index (χ0) is 25.7. The van der Waals surface area contributed by atoms with Gasteiger partial charge >= 0.3 is 11.9 Å². The summed E-state index contributed by atoms with van der Waals surface area (Å²) in [7, 11) is 2.47. The molecule has 0 aliphatic carbocycles. The van der Waals surface area contributed by atoms with Crippen molar-refractivity contribution in [3.63, 3.8) is 0 Å². The standard InChI is InChI=1S/C29H20N2O5S/c1-35-28(33)23-24(29(34)36-2)26(30-16-15-17-9-3-4-10-18(17)25(23)30)27(32)31-19-11-5-7-13-21(19)37-22-14-8-6-12-20(22)31/h3-16H,1-2H3. The van der Waals surface area contributed by atoms with Gasteiger partial charge in [-0.05, 0) is 35.7 Å². The van der Waals surface area contributed by atoms with Crippen molar-refractivity contribution in [1.82, 2.24) is 4.40 Å². The summed E-state index contributed by atoms with van der Waals surface area (Å²) >= 11 is 1.57. The smallest absolute Gasteiger partial charge is 0.341 e. The molecule has 3 aromatic carbocycles. The molecule has 0 N–H and O–H groups in total. The minimum atomic E-state index is -0.801. The summed E-state index contributed by atoms with van der Waals surface area (Å²) < 4.78 is 11.8. The number of carbonyl (C=O) groups excluding carboxylic acids is 3. The van der Waals surface area contributed by atoms with Crippen molar-refractivity contribution in [2.45, 2.75) is 9.79 Å². The number of fused-ring (bicyclic) bond motifs is 5. The molecule has 0 bridgehead atoms. The maximum absolute atomic E-state index is 14.6. The van der Waals surface area contributed by atoms with Gasteiger partial charge in [0.1, 0.15) is 16.8 Å². The van der Waals surface area contributed by atoms with Crippen LogP contribution >= 0.6 is 11.8 Å². The number of esters is 2. The van der Waals surface area contributed by atoms with Crippen LogP contribution in [0.2, 0.25) is 0 Å². The Kier molecular flexibility index (Phi) is 5.46. The number of carbonyl (C=O) groups is 3. The molecule has 0 spiro atoms. The quantitative estimate of drug-likeness (QED) is 0.274. The number of hydrogen-bond acceptors (Lipinski definition) is 6. The molecule has 1 amide bonds. The van der Waals surface area contributed by atoms with E-state index in [0.29, 0.717) is 22.3 Å². The molecule has 0 unspecified atom stereocenters. The van der Waals surface area contributed by atoms with Gasteiger partial charge in [0.2, 0.25) is 0 Å². The number of aromatic nitrogens is 1. The van der Waals surface area contributed by atoms with Gasteiger partial charge in [-0.2, -0.15) is 0 Å². The Balaban J connectivity index is 1.72. The summed E-state index contributed by atoms with van der Waals surface area (Å²) in [6.07, 6.45) is 1.69. The number of ether oxygens (including phenoxy) is 2. The van der Waals surface area contributed by atoms with Crippen LogP contribution in [0.1, 0.15) is 31.2 Å². The van der Waals surface area contributed by atoms with Crippen molar-refractivity contribution in [2.24, 2.45) is 0 Å². The van der Waals surface area contributed by atoms with Crippen molar-refractivity contribution in [2.75, 3.05) is 19.1 Å². The van der Waals surface area contributed by atoms with Crippen molar-refractivity contribution in [3.8, 4) is 0 Å². The highest BCUT2D eigenvalue weighted by molar-refractivity contribution is 7.99. The first kappa shape index (κ1) is 22.9. The maximum atomic E-state index is 14.6. The van der Waals surface area contributed by atoms with Gasteiger partial charge in [0.15, 0.2) is 0 Å². The minimum absolute atomic E-state index is 0.0116. The predicted molar refractivity (Wildman–Crippen MR) is 141 cm³/mol. The van der Waals surface area contributed by atoms with Gasteiger partial charge in [-0.25, -0.2) is 9.59 Å². The lowest BCUT2D eigenvalue weighted by Crippen LogP contribution is -2.31. The van der Waals surface area contributed by atoms with Crippen LogP contribution in [0.4, 0.5) is 11.4 Å². The molecule has 0 saturated heterocycles. The van der Waals surface area contributed by atoms with E-state index in [-0.39, 0.29) is 16.8 Å². The number of methoxy groups -OCH3 is 2. The second-order valence-electron chi connectivity index (χ2n) is 8.38. The fourth-order valence-corrected chi connectivity index (χ4v) is 5.91. The number of para-hydroxylation sites is 2. The number of benzene rings is 3. The van der Waals surface area contributed by atoms with Gasteiger partial charge < -0.3 is 13.9 Å². The fourth-order valence-electron chi connectivity index (χ4n) is 4.86. The third-order valence-electron chi connectivity index (χ3n) is 6.44. The molecule has 182 valence electrons. The second-order valence-corrected chi connectivity index (χ2v) is 9.47. The zero-order valence-corrected chi connectivity index (χ0v) is 20.7. The van der Waals surface area contributed by atoms with Gasteiger partial charge in [0.25, 0.3) is 5.91 Å². The molecule has 3 heterocycles. The number of amides is 1. The molecule has 7 nitrogen and oxygen atoms in total. The molecule has 0 atom stereocenters. The third kappa shape index (κ3) is 3.41. The number of nitrogens with zero attached hydrogens (tertiary/aromatic N) is 2. The molecule has 0 saturated carbocycles. The summed E-state index contributed by atoms with van der Waals surface area (Å²) in [6, 6.07) is 24.5. The first-order chi connectivity index (χ1) is 18.0. The van der Waals surface area contributed by atoms with Gasteiger partial charge in [-0.1, -0.05) is 60.3 Å². The molecule has 2 aromatic heterocycles. The van der Waals surface area contributed by atoms with Crippen molar-refractivity contribution in [3.05, 3.63) is 102 Å². The monoisotopic (exact) mass is 508 g/mol. The molecule has 37 heavy (non-hydrogen) atoms. The molecule has 5 aromatic rings. The third-order valence-corrected chi connectivity index (χ3v) is 7.57. The second kappa shape index (κ2) is 8.83. The average molecular weight is 509 g/mol. The van der Waals surface area contributed by atoms with E-state index in [0.717, 1.165) is 15.2 Å². The Labute approximate surface area is 216 Å². The predicted octanol–water partition coefficient (Wildman–Crippen LogP) is 6.11. The van der Waals surface area contributed by atoms with Gasteiger partial charge in [0, 0.05) is 21.4 Å². The van der Waals surface area contributed by atoms with Crippen molar-refractivity contribution >= 4 is 57.3 Å². The molecular formula is C29H20N2O5S. The highest BCUT2D eigenvalue weighted by Crippen LogP contribution is 2.49. The largest absolute Gasteiger partial charge is 0.465 e. The lowest BCUT2D eigenvalue weighted by molar-refractivity contribution is 0.0556. The SMILES string of the molecule is COC(=O)c1c(C(=O)OC)c2c3ccccc3ccn2c1C(=O)N1c2ccccc2Sc2ccccc21. The van der Waals surface area contributed by atoms with Crippen LogP contribution in [0.5, 0.6) is 0 Å². The van der Waals surface area contributed by atoms with Gasteiger partial charge in [0.05, 0.1) is 31.1 Å². The lowest BCUT2D eigenvalue weighted by atomic mass is 10.1. The highest BCUT2D eigenvalue weighted by Gasteiger charge is 2.38. The summed E-state index contributed by atoms with van der Waals surface area (Å²) in [5.74, 6) is -2.01. The molecule has 8 heteroatoms. The summed E-state index contributed by atoms with van der Waals surface area (Å²) in [5.41, 5.74) is 1.64. The Morgan fingerprint density at radius 2 is 1.27 bits per heavy atom. The zero-order valence-electron chi connectivity index (χ0n) is 19.9.